The molecule has 0 atom stereocenters. The summed E-state index contributed by atoms with van der Waals surface area (Å²) in [7, 11) is 1.49. The van der Waals surface area contributed by atoms with E-state index in [9.17, 15) is 22.8 Å². The summed E-state index contributed by atoms with van der Waals surface area (Å²) in [6, 6.07) is 7.42. The lowest BCUT2D eigenvalue weighted by atomic mass is 10.1. The van der Waals surface area contributed by atoms with Crippen LogP contribution >= 0.6 is 11.6 Å². The summed E-state index contributed by atoms with van der Waals surface area (Å²) in [5.74, 6) is -1.85. The average Bonchev–Trinajstić information content (AvgIpc) is 3.50. The lowest BCUT2D eigenvalue weighted by molar-refractivity contribution is -0.154. The van der Waals surface area contributed by atoms with Crippen LogP contribution in [0.15, 0.2) is 42.7 Å². The van der Waals surface area contributed by atoms with Crippen molar-refractivity contribution in [3.05, 3.63) is 64.7 Å². The highest BCUT2D eigenvalue weighted by Gasteiger charge is 2.30. The molecular formula is C23H21ClF3N7O4. The molecule has 0 aliphatic carbocycles. The molecule has 4 aromatic rings. The van der Waals surface area contributed by atoms with Crippen LogP contribution in [0.25, 0.3) is 11.3 Å². The standard InChI is InChI=1S/C23H21ClF3N7O4/c1-13-10-14-5-7-30-33(14)19(22(36)29-8-9-37-2)18(13)31-21(35)16-11-17(38-12-23(25,26)27)32-34(16)20-15(24)4-3-6-28-20/h3-7,10-11H,8-9,12H2,1-2H3,(H,29,36)(H,31,35). The lowest BCUT2D eigenvalue weighted by Gasteiger charge is -2.16. The van der Waals surface area contributed by atoms with E-state index >= 15 is 0 Å². The number of amides is 2. The van der Waals surface area contributed by atoms with Gasteiger partial charge < -0.3 is 20.1 Å². The van der Waals surface area contributed by atoms with Crippen LogP contribution in [0.4, 0.5) is 18.9 Å². The zero-order chi connectivity index (χ0) is 27.4. The third kappa shape index (κ3) is 5.86. The molecule has 0 saturated carbocycles. The SMILES string of the molecule is COCCNC(=O)c1c(NC(=O)c2cc(OCC(F)(F)F)nn2-c2ncccc2Cl)c(C)cc2ccnn12. The molecule has 38 heavy (non-hydrogen) atoms. The van der Waals surface area contributed by atoms with Gasteiger partial charge in [0.1, 0.15) is 5.69 Å². The van der Waals surface area contributed by atoms with Gasteiger partial charge in [-0.25, -0.2) is 14.2 Å². The summed E-state index contributed by atoms with van der Waals surface area (Å²) in [6.07, 6.45) is -1.76. The quantitative estimate of drug-likeness (QED) is 0.305. The van der Waals surface area contributed by atoms with Crippen molar-refractivity contribution in [2.45, 2.75) is 13.1 Å². The van der Waals surface area contributed by atoms with Crippen LogP contribution in [-0.4, -0.2) is 69.2 Å². The first-order valence-corrected chi connectivity index (χ1v) is 11.4. The molecule has 15 heteroatoms. The Morgan fingerprint density at radius 1 is 1.16 bits per heavy atom. The van der Waals surface area contributed by atoms with Gasteiger partial charge in [0, 0.05) is 25.9 Å². The van der Waals surface area contributed by atoms with Gasteiger partial charge in [-0.2, -0.15) is 18.3 Å². The van der Waals surface area contributed by atoms with Gasteiger partial charge in [-0.15, -0.1) is 5.10 Å². The summed E-state index contributed by atoms with van der Waals surface area (Å²) in [6.45, 7) is 0.512. The molecule has 2 N–H and O–H groups in total. The van der Waals surface area contributed by atoms with Gasteiger partial charge in [-0.3, -0.25) is 9.59 Å². The number of aryl methyl sites for hydroxylation is 1. The summed E-state index contributed by atoms with van der Waals surface area (Å²) < 4.78 is 50.2. The summed E-state index contributed by atoms with van der Waals surface area (Å²) in [5, 5.41) is 13.6. The molecule has 0 radical (unpaired) electrons. The van der Waals surface area contributed by atoms with Gasteiger partial charge >= 0.3 is 6.18 Å². The maximum atomic E-state index is 13.5. The number of carbonyl (C=O) groups is 2. The first-order chi connectivity index (χ1) is 18.1. The number of halogens is 4. The van der Waals surface area contributed by atoms with Crippen molar-refractivity contribution >= 4 is 34.6 Å². The van der Waals surface area contributed by atoms with Crippen LogP contribution in [0, 0.1) is 6.92 Å². The normalized spacial score (nSPS) is 11.5. The molecule has 0 saturated heterocycles. The first kappa shape index (κ1) is 26.9. The van der Waals surface area contributed by atoms with Crippen LogP contribution in [0.2, 0.25) is 5.02 Å². The number of anilines is 1. The maximum absolute atomic E-state index is 13.5. The monoisotopic (exact) mass is 551 g/mol. The first-order valence-electron chi connectivity index (χ1n) is 11.1. The predicted octanol–water partition coefficient (Wildman–Crippen LogP) is 3.45. The van der Waals surface area contributed by atoms with E-state index in [0.29, 0.717) is 11.1 Å². The molecule has 11 nitrogen and oxygen atoms in total. The highest BCUT2D eigenvalue weighted by Crippen LogP contribution is 2.27. The fourth-order valence-corrected chi connectivity index (χ4v) is 3.74. The summed E-state index contributed by atoms with van der Waals surface area (Å²) >= 11 is 6.21. The van der Waals surface area contributed by atoms with Crippen molar-refractivity contribution in [3.63, 3.8) is 0 Å². The smallest absolute Gasteiger partial charge is 0.422 e. The van der Waals surface area contributed by atoms with E-state index in [4.69, 9.17) is 21.1 Å². The van der Waals surface area contributed by atoms with Crippen molar-refractivity contribution < 1.29 is 32.2 Å². The van der Waals surface area contributed by atoms with Gasteiger partial charge in [0.15, 0.2) is 18.1 Å². The van der Waals surface area contributed by atoms with Gasteiger partial charge in [0.2, 0.25) is 5.88 Å². The molecular weight excluding hydrogens is 531 g/mol. The second-order valence-electron chi connectivity index (χ2n) is 7.91. The Labute approximate surface area is 218 Å². The van der Waals surface area contributed by atoms with Crippen molar-refractivity contribution in [1.29, 1.82) is 0 Å². The number of hydrogen-bond acceptors (Lipinski definition) is 7. The number of aromatic nitrogens is 5. The number of fused-ring (bicyclic) bond motifs is 1. The number of nitrogens with zero attached hydrogens (tertiary/aromatic N) is 5. The minimum Gasteiger partial charge on any atom is -0.467 e. The maximum Gasteiger partial charge on any atom is 0.422 e. The average molecular weight is 552 g/mol. The largest absolute Gasteiger partial charge is 0.467 e. The molecule has 0 spiro atoms. The molecule has 2 amide bonds. The number of rotatable bonds is 9. The lowest BCUT2D eigenvalue weighted by Crippen LogP contribution is -2.31. The van der Waals surface area contributed by atoms with Crippen LogP contribution in [0.3, 0.4) is 0 Å². The van der Waals surface area contributed by atoms with E-state index in [-0.39, 0.29) is 41.1 Å². The van der Waals surface area contributed by atoms with Crippen molar-refractivity contribution in [2.24, 2.45) is 0 Å². The third-order valence-corrected chi connectivity index (χ3v) is 5.46. The number of ether oxygens (including phenoxy) is 2. The fraction of sp³-hybridized carbons (Fsp3) is 0.261. The van der Waals surface area contributed by atoms with E-state index < -0.39 is 30.5 Å². The Kier molecular flexibility index (Phi) is 7.83. The molecule has 0 aliphatic rings. The topological polar surface area (TPSA) is 125 Å². The number of methoxy groups -OCH3 is 1. The zero-order valence-electron chi connectivity index (χ0n) is 20.0. The highest BCUT2D eigenvalue weighted by molar-refractivity contribution is 6.32. The van der Waals surface area contributed by atoms with E-state index in [2.05, 4.69) is 25.8 Å². The minimum atomic E-state index is -4.63. The third-order valence-electron chi connectivity index (χ3n) is 5.17. The van der Waals surface area contributed by atoms with Gasteiger partial charge in [0.05, 0.1) is 29.0 Å². The van der Waals surface area contributed by atoms with Crippen LogP contribution in [0.5, 0.6) is 5.88 Å². The molecule has 4 heterocycles. The van der Waals surface area contributed by atoms with Crippen molar-refractivity contribution in [2.75, 3.05) is 32.2 Å². The number of nitrogens with one attached hydrogen (secondary N) is 2. The van der Waals surface area contributed by atoms with Gasteiger partial charge in [0.25, 0.3) is 11.8 Å². The number of carbonyl (C=O) groups excluding carboxylic acids is 2. The Balaban J connectivity index is 1.75. The zero-order valence-corrected chi connectivity index (χ0v) is 20.8. The predicted molar refractivity (Wildman–Crippen MR) is 130 cm³/mol. The molecule has 4 aromatic heterocycles. The van der Waals surface area contributed by atoms with E-state index in [1.165, 1.54) is 36.2 Å². The molecule has 200 valence electrons. The molecule has 4 rings (SSSR count). The second-order valence-corrected chi connectivity index (χ2v) is 8.32. The van der Waals surface area contributed by atoms with Gasteiger partial charge in [-0.1, -0.05) is 11.6 Å². The highest BCUT2D eigenvalue weighted by atomic mass is 35.5. The summed E-state index contributed by atoms with van der Waals surface area (Å²) in [5.41, 5.74) is 1.04. The number of hydrogen-bond donors (Lipinski definition) is 2. The summed E-state index contributed by atoms with van der Waals surface area (Å²) in [4.78, 5) is 30.7. The fourth-order valence-electron chi connectivity index (χ4n) is 3.53. The molecule has 0 aromatic carbocycles. The molecule has 0 aliphatic heterocycles. The van der Waals surface area contributed by atoms with E-state index in [1.54, 1.807) is 19.1 Å². The number of alkyl halides is 3. The van der Waals surface area contributed by atoms with E-state index in [0.717, 1.165) is 10.7 Å². The van der Waals surface area contributed by atoms with Crippen molar-refractivity contribution in [1.82, 2.24) is 29.7 Å². The van der Waals surface area contributed by atoms with Crippen molar-refractivity contribution in [3.8, 4) is 11.7 Å². The molecule has 0 fully saturated rings. The Morgan fingerprint density at radius 2 is 1.95 bits per heavy atom. The van der Waals surface area contributed by atoms with Crippen LogP contribution in [0.1, 0.15) is 26.5 Å². The second kappa shape index (κ2) is 11.1. The Hall–Kier alpha value is -4.17. The van der Waals surface area contributed by atoms with E-state index in [1.807, 2.05) is 0 Å². The Morgan fingerprint density at radius 3 is 2.66 bits per heavy atom. The van der Waals surface area contributed by atoms with Gasteiger partial charge in [-0.05, 0) is 36.8 Å². The van der Waals surface area contributed by atoms with Crippen LogP contribution < -0.4 is 15.4 Å². The minimum absolute atomic E-state index is 0.0158. The molecule has 0 bridgehead atoms. The Bertz CT molecular complexity index is 1490. The number of pyridine rings is 2. The van der Waals surface area contributed by atoms with Crippen LogP contribution in [-0.2, 0) is 4.74 Å². The molecule has 0 unspecified atom stereocenters.